The lowest BCUT2D eigenvalue weighted by molar-refractivity contribution is 0.0843. The molecule has 1 heterocycles. The largest absolute Gasteiger partial charge is 0.294 e. The first-order valence-electron chi connectivity index (χ1n) is 6.72. The summed E-state index contributed by atoms with van der Waals surface area (Å²) in [6.07, 6.45) is 4.99. The second-order valence-corrected chi connectivity index (χ2v) is 5.43. The molecule has 0 amide bonds. The molecule has 18 heavy (non-hydrogen) atoms. The second kappa shape index (κ2) is 6.35. The number of carbonyl (C=O) groups excluding carboxylic acids is 1. The Labute approximate surface area is 114 Å². The Hall–Kier alpha value is -0.860. The summed E-state index contributed by atoms with van der Waals surface area (Å²) < 4.78 is 0. The quantitative estimate of drug-likeness (QED) is 0.775. The number of likely N-dealkylation sites (tertiary alicyclic amines) is 1. The van der Waals surface area contributed by atoms with E-state index in [0.717, 1.165) is 18.7 Å². The number of rotatable bonds is 3. The van der Waals surface area contributed by atoms with Crippen LogP contribution in [0.2, 0.25) is 5.02 Å². The molecule has 1 aromatic rings. The number of hydrogen-bond donors (Lipinski definition) is 0. The molecule has 2 nitrogen and oxygen atoms in total. The van der Waals surface area contributed by atoms with E-state index in [1.165, 1.54) is 25.7 Å². The van der Waals surface area contributed by atoms with Gasteiger partial charge in [0.05, 0.1) is 6.04 Å². The molecule has 98 valence electrons. The maximum absolute atomic E-state index is 12.4. The van der Waals surface area contributed by atoms with Crippen LogP contribution in [0.15, 0.2) is 24.3 Å². The fraction of sp³-hybridized carbons (Fsp3) is 0.533. The Balaban J connectivity index is 2.05. The zero-order valence-electron chi connectivity index (χ0n) is 10.9. The van der Waals surface area contributed by atoms with Gasteiger partial charge >= 0.3 is 0 Å². The van der Waals surface area contributed by atoms with Crippen LogP contribution in [-0.4, -0.2) is 29.8 Å². The van der Waals surface area contributed by atoms with Crippen LogP contribution in [-0.2, 0) is 0 Å². The first-order valence-corrected chi connectivity index (χ1v) is 7.10. The number of Topliss-reactive ketones (excluding diaryl/α,β-unsaturated/α-hetero) is 1. The van der Waals surface area contributed by atoms with Crippen molar-refractivity contribution < 1.29 is 4.79 Å². The first kappa shape index (κ1) is 13.6. The summed E-state index contributed by atoms with van der Waals surface area (Å²) in [5, 5.41) is 0.675. The van der Waals surface area contributed by atoms with Gasteiger partial charge in [-0.15, -0.1) is 0 Å². The number of carbonyl (C=O) groups is 1. The van der Waals surface area contributed by atoms with Gasteiger partial charge in [-0.2, -0.15) is 0 Å². The zero-order valence-corrected chi connectivity index (χ0v) is 11.6. The average Bonchev–Trinajstić information content (AvgIpc) is 2.67. The molecule has 1 aliphatic heterocycles. The van der Waals surface area contributed by atoms with Crippen LogP contribution < -0.4 is 0 Å². The van der Waals surface area contributed by atoms with E-state index in [-0.39, 0.29) is 11.8 Å². The van der Waals surface area contributed by atoms with Crippen molar-refractivity contribution in [2.75, 3.05) is 13.1 Å². The molecule has 0 aliphatic carbocycles. The van der Waals surface area contributed by atoms with Gasteiger partial charge in [-0.25, -0.2) is 0 Å². The maximum atomic E-state index is 12.4. The van der Waals surface area contributed by atoms with Gasteiger partial charge < -0.3 is 0 Å². The van der Waals surface area contributed by atoms with Crippen LogP contribution in [0.3, 0.4) is 0 Å². The van der Waals surface area contributed by atoms with Crippen molar-refractivity contribution in [2.24, 2.45) is 0 Å². The molecule has 0 spiro atoms. The summed E-state index contributed by atoms with van der Waals surface area (Å²) in [4.78, 5) is 14.7. The number of ketones is 1. The maximum Gasteiger partial charge on any atom is 0.179 e. The standard InChI is InChI=1S/C15H20ClNO/c1-12(17-10-4-2-3-5-11-17)15(18)13-6-8-14(16)9-7-13/h6-9,12H,2-5,10-11H2,1H3. The van der Waals surface area contributed by atoms with E-state index in [4.69, 9.17) is 11.6 Å². The topological polar surface area (TPSA) is 20.3 Å². The first-order chi connectivity index (χ1) is 8.68. The number of benzene rings is 1. The van der Waals surface area contributed by atoms with Crippen molar-refractivity contribution in [3.63, 3.8) is 0 Å². The summed E-state index contributed by atoms with van der Waals surface area (Å²) in [5.74, 6) is 0.202. The Kier molecular flexibility index (Phi) is 4.79. The van der Waals surface area contributed by atoms with Crippen LogP contribution in [0.4, 0.5) is 0 Å². The number of halogens is 1. The minimum atomic E-state index is -0.0238. The van der Waals surface area contributed by atoms with E-state index < -0.39 is 0 Å². The smallest absolute Gasteiger partial charge is 0.179 e. The van der Waals surface area contributed by atoms with E-state index in [9.17, 15) is 4.79 Å². The molecule has 1 atom stereocenters. The van der Waals surface area contributed by atoms with Gasteiger partial charge in [0, 0.05) is 10.6 Å². The molecule has 3 heteroatoms. The SMILES string of the molecule is CC(C(=O)c1ccc(Cl)cc1)N1CCCCCC1. The van der Waals surface area contributed by atoms with Gasteiger partial charge in [0.1, 0.15) is 0 Å². The third-order valence-electron chi connectivity index (χ3n) is 3.70. The van der Waals surface area contributed by atoms with Crippen LogP contribution in [0, 0.1) is 0 Å². The molecule has 0 bridgehead atoms. The Morgan fingerprint density at radius 3 is 2.22 bits per heavy atom. The molecule has 0 N–H and O–H groups in total. The van der Waals surface area contributed by atoms with Crippen LogP contribution in [0.5, 0.6) is 0 Å². The minimum absolute atomic E-state index is 0.0238. The van der Waals surface area contributed by atoms with Gasteiger partial charge in [-0.05, 0) is 57.1 Å². The van der Waals surface area contributed by atoms with Gasteiger partial charge in [0.25, 0.3) is 0 Å². The number of hydrogen-bond acceptors (Lipinski definition) is 2. The third kappa shape index (κ3) is 3.33. The van der Waals surface area contributed by atoms with E-state index in [2.05, 4.69) is 4.90 Å². The third-order valence-corrected chi connectivity index (χ3v) is 3.95. The van der Waals surface area contributed by atoms with Gasteiger partial charge in [0.2, 0.25) is 0 Å². The van der Waals surface area contributed by atoms with Gasteiger partial charge in [0.15, 0.2) is 5.78 Å². The van der Waals surface area contributed by atoms with E-state index in [1.54, 1.807) is 12.1 Å². The Morgan fingerprint density at radius 2 is 1.67 bits per heavy atom. The summed E-state index contributed by atoms with van der Waals surface area (Å²) in [6, 6.07) is 7.18. The highest BCUT2D eigenvalue weighted by Crippen LogP contribution is 2.17. The van der Waals surface area contributed by atoms with Crippen LogP contribution in [0.1, 0.15) is 43.0 Å². The molecule has 1 saturated heterocycles. The van der Waals surface area contributed by atoms with Crippen molar-refractivity contribution in [1.29, 1.82) is 0 Å². The average molecular weight is 266 g/mol. The van der Waals surface area contributed by atoms with Crippen molar-refractivity contribution in [3.8, 4) is 0 Å². The van der Waals surface area contributed by atoms with Crippen LogP contribution >= 0.6 is 11.6 Å². The van der Waals surface area contributed by atoms with Gasteiger partial charge in [-0.3, -0.25) is 9.69 Å². The molecular formula is C15H20ClNO. The second-order valence-electron chi connectivity index (χ2n) is 5.00. The highest BCUT2D eigenvalue weighted by molar-refractivity contribution is 6.30. The summed E-state index contributed by atoms with van der Waals surface area (Å²) >= 11 is 5.84. The molecule has 1 unspecified atom stereocenters. The lowest BCUT2D eigenvalue weighted by Gasteiger charge is -2.26. The molecule has 1 aliphatic rings. The molecule has 0 radical (unpaired) electrons. The van der Waals surface area contributed by atoms with E-state index in [0.29, 0.717) is 5.02 Å². The van der Waals surface area contributed by atoms with E-state index in [1.807, 2.05) is 19.1 Å². The summed E-state index contributed by atoms with van der Waals surface area (Å²) in [7, 11) is 0. The minimum Gasteiger partial charge on any atom is -0.294 e. The molecular weight excluding hydrogens is 246 g/mol. The molecule has 1 aromatic carbocycles. The predicted molar refractivity (Wildman–Crippen MR) is 75.3 cm³/mol. The lowest BCUT2D eigenvalue weighted by atomic mass is 10.0. The van der Waals surface area contributed by atoms with Crippen molar-refractivity contribution in [2.45, 2.75) is 38.6 Å². The highest BCUT2D eigenvalue weighted by atomic mass is 35.5. The monoisotopic (exact) mass is 265 g/mol. The van der Waals surface area contributed by atoms with Crippen LogP contribution in [0.25, 0.3) is 0 Å². The highest BCUT2D eigenvalue weighted by Gasteiger charge is 2.22. The molecule has 2 rings (SSSR count). The lowest BCUT2D eigenvalue weighted by Crippen LogP contribution is -2.39. The molecule has 1 fully saturated rings. The summed E-state index contributed by atoms with van der Waals surface area (Å²) in [6.45, 7) is 4.10. The Bertz CT molecular complexity index is 393. The summed E-state index contributed by atoms with van der Waals surface area (Å²) in [5.41, 5.74) is 0.760. The van der Waals surface area contributed by atoms with Crippen molar-refractivity contribution in [1.82, 2.24) is 4.90 Å². The zero-order chi connectivity index (χ0) is 13.0. The predicted octanol–water partition coefficient (Wildman–Crippen LogP) is 3.79. The van der Waals surface area contributed by atoms with E-state index >= 15 is 0 Å². The van der Waals surface area contributed by atoms with Crippen molar-refractivity contribution >= 4 is 17.4 Å². The Morgan fingerprint density at radius 1 is 1.11 bits per heavy atom. The normalized spacial score (nSPS) is 19.2. The van der Waals surface area contributed by atoms with Gasteiger partial charge in [-0.1, -0.05) is 24.4 Å². The fourth-order valence-corrected chi connectivity index (χ4v) is 2.63. The number of nitrogens with zero attached hydrogens (tertiary/aromatic N) is 1. The molecule has 0 aromatic heterocycles. The molecule has 0 saturated carbocycles. The van der Waals surface area contributed by atoms with Crippen molar-refractivity contribution in [3.05, 3.63) is 34.9 Å². The fourth-order valence-electron chi connectivity index (χ4n) is 2.50.